The van der Waals surface area contributed by atoms with Gasteiger partial charge in [0.2, 0.25) is 0 Å². The van der Waals surface area contributed by atoms with E-state index in [1.807, 2.05) is 67.8 Å². The Morgan fingerprint density at radius 3 is 2.18 bits per heavy atom. The molecule has 0 saturated heterocycles. The number of fused-ring (bicyclic) bond motifs is 7. The fourth-order valence-electron chi connectivity index (χ4n) is 6.68. The number of thiophene rings is 1. The zero-order valence-corrected chi connectivity index (χ0v) is 34.3. The predicted molar refractivity (Wildman–Crippen MR) is 211 cm³/mol. The van der Waals surface area contributed by atoms with Gasteiger partial charge in [-0.1, -0.05) is 73.3 Å². The molecule has 0 fully saturated rings. The monoisotopic (exact) mass is 896 g/mol. The fraction of sp³-hybridized carbons (Fsp3) is 0.182. The van der Waals surface area contributed by atoms with Gasteiger partial charge in [-0.15, -0.1) is 23.8 Å². The molecule has 8 rings (SSSR count). The Kier molecular flexibility index (Phi) is 9.86. The molecule has 3 aromatic heterocycles. The summed E-state index contributed by atoms with van der Waals surface area (Å²) < 4.78 is 12.4. The molecule has 0 saturated carbocycles. The van der Waals surface area contributed by atoms with Crippen molar-refractivity contribution in [2.24, 2.45) is 0 Å². The van der Waals surface area contributed by atoms with Crippen molar-refractivity contribution in [3.05, 3.63) is 138 Å². The molecular formula is C44H40GeIrN2S-2. The van der Waals surface area contributed by atoms with Gasteiger partial charge in [0, 0.05) is 37.8 Å². The second-order valence-corrected chi connectivity index (χ2v) is 25.4. The summed E-state index contributed by atoms with van der Waals surface area (Å²) in [6.45, 7) is 8.21. The second-order valence-electron chi connectivity index (χ2n) is 13.8. The van der Waals surface area contributed by atoms with Crippen LogP contribution < -0.4 is 4.40 Å². The van der Waals surface area contributed by atoms with Crippen molar-refractivity contribution in [3.63, 3.8) is 0 Å². The number of hydrogen-bond acceptors (Lipinski definition) is 3. The zero-order chi connectivity index (χ0) is 34.5. The molecule has 0 spiro atoms. The summed E-state index contributed by atoms with van der Waals surface area (Å²) in [4.78, 5) is 9.25. The Morgan fingerprint density at radius 2 is 1.47 bits per heavy atom. The van der Waals surface area contributed by atoms with Crippen LogP contribution >= 0.6 is 11.3 Å². The molecule has 49 heavy (non-hydrogen) atoms. The number of nitrogens with zero attached hydrogens (tertiary/aromatic N) is 2. The summed E-state index contributed by atoms with van der Waals surface area (Å²) in [5.41, 5.74) is 7.63. The van der Waals surface area contributed by atoms with Gasteiger partial charge in [-0.05, 0) is 56.4 Å². The molecule has 8 aromatic rings. The summed E-state index contributed by atoms with van der Waals surface area (Å²) in [6.07, 6.45) is 3.89. The molecule has 5 aromatic carbocycles. The number of rotatable bonds is 4. The van der Waals surface area contributed by atoms with E-state index in [1.165, 1.54) is 57.2 Å². The summed E-state index contributed by atoms with van der Waals surface area (Å²) >= 11 is 0.0559. The minimum Gasteiger partial charge on any atom is -0.305 e. The van der Waals surface area contributed by atoms with Crippen LogP contribution in [0.2, 0.25) is 17.3 Å². The summed E-state index contributed by atoms with van der Waals surface area (Å²) in [6, 6.07) is 40.5. The van der Waals surface area contributed by atoms with E-state index < -0.39 is 19.2 Å². The molecule has 0 aliphatic carbocycles. The molecule has 1 radical (unpaired) electrons. The van der Waals surface area contributed by atoms with Crippen LogP contribution in [-0.4, -0.2) is 23.2 Å². The van der Waals surface area contributed by atoms with Crippen LogP contribution in [0.4, 0.5) is 0 Å². The second kappa shape index (κ2) is 14.3. The Balaban J connectivity index is 0.000000204. The van der Waals surface area contributed by atoms with Gasteiger partial charge < -0.3 is 4.98 Å². The van der Waals surface area contributed by atoms with Gasteiger partial charge in [-0.2, -0.15) is 11.3 Å². The largest absolute Gasteiger partial charge is 0.305 e. The summed E-state index contributed by atoms with van der Waals surface area (Å²) in [5.74, 6) is 6.54. The van der Waals surface area contributed by atoms with Crippen LogP contribution in [0.5, 0.6) is 0 Å². The summed E-state index contributed by atoms with van der Waals surface area (Å²) in [5, 5.41) is 7.73. The van der Waals surface area contributed by atoms with E-state index in [-0.39, 0.29) is 20.1 Å². The van der Waals surface area contributed by atoms with Gasteiger partial charge in [0.05, 0.1) is 0 Å². The Hall–Kier alpha value is -3.67. The molecule has 2 nitrogen and oxygen atoms in total. The normalized spacial score (nSPS) is 12.1. The minimum absolute atomic E-state index is 0. The van der Waals surface area contributed by atoms with Crippen molar-refractivity contribution in [2.75, 3.05) is 0 Å². The Labute approximate surface area is 311 Å². The van der Waals surface area contributed by atoms with Crippen LogP contribution in [0.15, 0.2) is 109 Å². The van der Waals surface area contributed by atoms with Crippen molar-refractivity contribution in [1.82, 2.24) is 9.97 Å². The molecule has 0 bridgehead atoms. The van der Waals surface area contributed by atoms with Gasteiger partial charge in [-0.25, -0.2) is 0 Å². The Morgan fingerprint density at radius 1 is 0.714 bits per heavy atom. The molecule has 0 amide bonds. The SMILES string of the molecule is Cc1cc(-c2[c-]cccc2)nc[c]1[Ge]([CH3])([CH3])[CH3].[2H]C(C)(C)c1ccnc(-c2[c-]ccc3c2sc2c3ccc3cc(C)c4ccccc4c32)c1.[Ir]. The molecular weight excluding hydrogens is 853 g/mol. The van der Waals surface area contributed by atoms with E-state index in [9.17, 15) is 0 Å². The summed E-state index contributed by atoms with van der Waals surface area (Å²) in [7, 11) is 0. The van der Waals surface area contributed by atoms with E-state index in [2.05, 4.69) is 120 Å². The van der Waals surface area contributed by atoms with E-state index in [0.29, 0.717) is 0 Å². The average molecular weight is 895 g/mol. The van der Waals surface area contributed by atoms with Crippen LogP contribution in [0, 0.1) is 26.0 Å². The molecule has 247 valence electrons. The van der Waals surface area contributed by atoms with Crippen LogP contribution in [0.1, 0.15) is 37.8 Å². The maximum absolute atomic E-state index is 8.43. The van der Waals surface area contributed by atoms with Crippen molar-refractivity contribution in [3.8, 4) is 22.5 Å². The first kappa shape index (κ1) is 33.8. The number of benzene rings is 5. The third-order valence-electron chi connectivity index (χ3n) is 9.12. The van der Waals surface area contributed by atoms with Crippen molar-refractivity contribution in [2.45, 2.75) is 50.9 Å². The topological polar surface area (TPSA) is 25.8 Å². The van der Waals surface area contributed by atoms with Crippen molar-refractivity contribution >= 4 is 70.7 Å². The van der Waals surface area contributed by atoms with Crippen LogP contribution in [0.3, 0.4) is 0 Å². The molecule has 0 aliphatic heterocycles. The standard InChI is InChI=1S/C29H22NS.C15H18GeN.Ir/c1-17(2)19-13-14-30-26(16-19)25-10-6-9-23-24-12-11-20-15-18(3)21-7-4-5-8-22(21)27(20)29(24)31-28(23)25;1-12-10-15(13-8-6-5-7-9-13)17-11-14(12)16(2,3)4;/h4-9,11-17H,1-3H3;5-8,10-11H,1-4H3;/q2*-1;/i17D;;. The molecule has 5 heteroatoms. The van der Waals surface area contributed by atoms with Gasteiger partial charge in [-0.3, -0.25) is 0 Å². The van der Waals surface area contributed by atoms with Crippen LogP contribution in [0.25, 0.3) is 64.2 Å². The van der Waals surface area contributed by atoms with Crippen molar-refractivity contribution in [1.29, 1.82) is 0 Å². The third-order valence-corrected chi connectivity index (χ3v) is 14.9. The fourth-order valence-corrected chi connectivity index (χ4v) is 11.6. The number of hydrogen-bond donors (Lipinski definition) is 0. The van der Waals surface area contributed by atoms with Gasteiger partial charge >= 0.3 is 106 Å². The number of pyridine rings is 2. The Bertz CT molecular complexity index is 2490. The van der Waals surface area contributed by atoms with Crippen molar-refractivity contribution < 1.29 is 21.5 Å². The third kappa shape index (κ3) is 6.90. The number of aromatic nitrogens is 2. The first-order valence-corrected chi connectivity index (χ1v) is 24.7. The predicted octanol–water partition coefficient (Wildman–Crippen LogP) is 12.1. The maximum Gasteiger partial charge on any atom is 0.0346 e. The van der Waals surface area contributed by atoms with E-state index >= 15 is 0 Å². The molecule has 0 N–H and O–H groups in total. The molecule has 0 atom stereocenters. The molecule has 0 aliphatic rings. The van der Waals surface area contributed by atoms with Crippen LogP contribution in [-0.2, 0) is 20.1 Å². The smallest absolute Gasteiger partial charge is 0.0346 e. The zero-order valence-electron chi connectivity index (χ0n) is 30.0. The average Bonchev–Trinajstić information content (AvgIpc) is 3.47. The first-order valence-electron chi connectivity index (χ1n) is 17.0. The maximum atomic E-state index is 8.43. The molecule has 0 unspecified atom stereocenters. The van der Waals surface area contributed by atoms with Gasteiger partial charge in [0.15, 0.2) is 0 Å². The molecule has 3 heterocycles. The van der Waals surface area contributed by atoms with E-state index in [4.69, 9.17) is 1.37 Å². The van der Waals surface area contributed by atoms with Gasteiger partial charge in [0.25, 0.3) is 0 Å². The van der Waals surface area contributed by atoms with Gasteiger partial charge in [0.1, 0.15) is 0 Å². The minimum atomic E-state index is -1.77. The first-order chi connectivity index (χ1) is 23.4. The van der Waals surface area contributed by atoms with E-state index in [1.54, 1.807) is 0 Å². The van der Waals surface area contributed by atoms with E-state index in [0.717, 1.165) is 28.1 Å². The quantitative estimate of drug-likeness (QED) is 0.0999. The number of aryl methyl sites for hydroxylation is 2.